The van der Waals surface area contributed by atoms with Gasteiger partial charge in [-0.15, -0.1) is 0 Å². The Labute approximate surface area is 543 Å². The van der Waals surface area contributed by atoms with Crippen LogP contribution in [0, 0.1) is 17.8 Å². The summed E-state index contributed by atoms with van der Waals surface area (Å²) < 4.78 is 68.1. The molecule has 5 atom stereocenters. The normalized spacial score (nSPS) is 14.2. The number of carbonyl (C=O) groups excluding carboxylic acids is 4. The van der Waals surface area contributed by atoms with Crippen molar-refractivity contribution < 1.29 is 80.2 Å². The third-order valence-electron chi connectivity index (χ3n) is 16.1. The van der Waals surface area contributed by atoms with E-state index in [1.807, 2.05) is 0 Å². The van der Waals surface area contributed by atoms with Gasteiger partial charge in [-0.1, -0.05) is 299 Å². The van der Waals surface area contributed by atoms with Gasteiger partial charge in [0.25, 0.3) is 0 Å². The summed E-state index contributed by atoms with van der Waals surface area (Å²) in [6.07, 6.45) is 44.9. The van der Waals surface area contributed by atoms with Gasteiger partial charge in [-0.2, -0.15) is 0 Å². The fourth-order valence-electron chi connectivity index (χ4n) is 10.5. The first-order valence-electron chi connectivity index (χ1n) is 36.3. The maximum absolute atomic E-state index is 13.0. The molecule has 0 heterocycles. The van der Waals surface area contributed by atoms with Gasteiger partial charge in [-0.25, -0.2) is 9.13 Å². The van der Waals surface area contributed by atoms with E-state index in [0.717, 1.165) is 114 Å². The zero-order chi connectivity index (χ0) is 65.9. The third kappa shape index (κ3) is 64.6. The zero-order valence-corrected chi connectivity index (χ0v) is 59.7. The minimum atomic E-state index is -4.95. The maximum atomic E-state index is 13.0. The van der Waals surface area contributed by atoms with Crippen molar-refractivity contribution in [1.82, 2.24) is 0 Å². The van der Waals surface area contributed by atoms with Gasteiger partial charge in [0.15, 0.2) is 12.2 Å². The number of rotatable bonds is 68. The van der Waals surface area contributed by atoms with Crippen LogP contribution in [0.2, 0.25) is 0 Å². The number of phosphoric acid groups is 2. The summed E-state index contributed by atoms with van der Waals surface area (Å²) in [7, 11) is -9.89. The lowest BCUT2D eigenvalue weighted by Crippen LogP contribution is -2.30. The van der Waals surface area contributed by atoms with Gasteiger partial charge in [0, 0.05) is 25.7 Å². The molecule has 19 heteroatoms. The third-order valence-corrected chi connectivity index (χ3v) is 18.0. The van der Waals surface area contributed by atoms with E-state index in [9.17, 15) is 43.2 Å². The van der Waals surface area contributed by atoms with Crippen molar-refractivity contribution in [3.05, 3.63) is 0 Å². The summed E-state index contributed by atoms with van der Waals surface area (Å²) in [5, 5.41) is 10.6. The van der Waals surface area contributed by atoms with Crippen LogP contribution in [-0.4, -0.2) is 96.7 Å². The average molecular weight is 1310 g/mol. The van der Waals surface area contributed by atoms with Gasteiger partial charge < -0.3 is 33.8 Å². The second-order valence-electron chi connectivity index (χ2n) is 26.7. The molecule has 2 unspecified atom stereocenters. The lowest BCUT2D eigenvalue weighted by atomic mass is 10.0. The van der Waals surface area contributed by atoms with Crippen molar-refractivity contribution in [2.45, 2.75) is 369 Å². The first-order valence-corrected chi connectivity index (χ1v) is 39.3. The molecule has 0 radical (unpaired) electrons. The predicted molar refractivity (Wildman–Crippen MR) is 358 cm³/mol. The Hall–Kier alpha value is -1.94. The minimum Gasteiger partial charge on any atom is -0.462 e. The highest BCUT2D eigenvalue weighted by Gasteiger charge is 2.30. The zero-order valence-electron chi connectivity index (χ0n) is 57.9. The number of aliphatic hydroxyl groups is 1. The predicted octanol–water partition coefficient (Wildman–Crippen LogP) is 19.8. The van der Waals surface area contributed by atoms with Gasteiger partial charge in [-0.3, -0.25) is 37.3 Å². The van der Waals surface area contributed by atoms with E-state index in [2.05, 4.69) is 48.5 Å². The van der Waals surface area contributed by atoms with Crippen LogP contribution in [0.5, 0.6) is 0 Å². The monoisotopic (exact) mass is 1310 g/mol. The van der Waals surface area contributed by atoms with Crippen LogP contribution >= 0.6 is 15.6 Å². The van der Waals surface area contributed by atoms with Crippen LogP contribution < -0.4 is 0 Å². The van der Waals surface area contributed by atoms with Crippen molar-refractivity contribution in [1.29, 1.82) is 0 Å². The van der Waals surface area contributed by atoms with Crippen LogP contribution in [0.25, 0.3) is 0 Å². The van der Waals surface area contributed by atoms with Gasteiger partial charge in [-0.05, 0) is 43.4 Å². The summed E-state index contributed by atoms with van der Waals surface area (Å²) in [6, 6.07) is 0. The quantitative estimate of drug-likeness (QED) is 0.0222. The molecule has 0 aliphatic heterocycles. The molecule has 0 saturated carbocycles. The number of aliphatic hydroxyl groups excluding tert-OH is 1. The Morgan fingerprint density at radius 3 is 0.764 bits per heavy atom. The van der Waals surface area contributed by atoms with Crippen LogP contribution in [-0.2, 0) is 65.4 Å². The van der Waals surface area contributed by atoms with Crippen LogP contribution in [0.1, 0.15) is 350 Å². The van der Waals surface area contributed by atoms with E-state index in [4.69, 9.17) is 37.0 Å². The van der Waals surface area contributed by atoms with Gasteiger partial charge in [0.1, 0.15) is 19.3 Å². The molecule has 0 aromatic heterocycles. The molecule has 528 valence electrons. The molecular weight excluding hydrogens is 1170 g/mol. The fourth-order valence-corrected chi connectivity index (χ4v) is 12.1. The number of unbranched alkanes of at least 4 members (excludes halogenated alkanes) is 36. The molecule has 0 aliphatic rings. The standard InChI is InChI=1S/C70H136O17P2/c1-8-9-10-34-44-51-67(72)80-57-65(86-70(75)54-47-40-33-27-26-30-37-43-50-63(6)7)59-84-88(76,77)82-55-64(71)56-83-89(78,79)85-60-66(58-81-68(73)52-45-38-31-24-20-17-13-15-19-23-29-36-42-49-62(4)5)87-69(74)53-46-39-32-25-21-16-12-11-14-18-22-28-35-41-48-61(2)3/h61-66,71H,8-60H2,1-7H3,(H,76,77)(H,78,79)/t64-,65+,66+/m0/s1. The van der Waals surface area contributed by atoms with Crippen LogP contribution in [0.3, 0.4) is 0 Å². The van der Waals surface area contributed by atoms with Gasteiger partial charge in [0.2, 0.25) is 0 Å². The van der Waals surface area contributed by atoms with E-state index in [-0.39, 0.29) is 25.7 Å². The number of esters is 4. The molecule has 0 aliphatic carbocycles. The van der Waals surface area contributed by atoms with Gasteiger partial charge >= 0.3 is 39.5 Å². The highest BCUT2D eigenvalue weighted by atomic mass is 31.2. The highest BCUT2D eigenvalue weighted by molar-refractivity contribution is 7.47. The van der Waals surface area contributed by atoms with E-state index in [0.29, 0.717) is 25.7 Å². The number of hydrogen-bond acceptors (Lipinski definition) is 15. The second-order valence-corrected chi connectivity index (χ2v) is 29.6. The number of ether oxygens (including phenoxy) is 4. The van der Waals surface area contributed by atoms with E-state index in [1.165, 1.54) is 154 Å². The highest BCUT2D eigenvalue weighted by Crippen LogP contribution is 2.45. The first kappa shape index (κ1) is 87.1. The molecule has 0 saturated heterocycles. The lowest BCUT2D eigenvalue weighted by molar-refractivity contribution is -0.161. The Balaban J connectivity index is 5.16. The molecule has 0 fully saturated rings. The molecule has 0 spiro atoms. The van der Waals surface area contributed by atoms with Crippen molar-refractivity contribution in [2.24, 2.45) is 17.8 Å². The molecule has 0 bridgehead atoms. The second kappa shape index (κ2) is 61.0. The SMILES string of the molecule is CCCCCCCC(=O)OC[C@H](COP(=O)(O)OC[C@H](O)COP(=O)(O)OC[C@@H](COC(=O)CCCCCCCCCCCCCCCC(C)C)OC(=O)CCCCCCCCCCCCCCCCC(C)C)OC(=O)CCCCCCCCCCC(C)C. The Kier molecular flexibility index (Phi) is 59.6. The van der Waals surface area contributed by atoms with E-state index in [1.54, 1.807) is 0 Å². The van der Waals surface area contributed by atoms with Crippen molar-refractivity contribution in [2.75, 3.05) is 39.6 Å². The van der Waals surface area contributed by atoms with Crippen molar-refractivity contribution in [3.63, 3.8) is 0 Å². The summed E-state index contributed by atoms with van der Waals surface area (Å²) >= 11 is 0. The summed E-state index contributed by atoms with van der Waals surface area (Å²) in [5.41, 5.74) is 0. The first-order chi connectivity index (χ1) is 42.7. The largest absolute Gasteiger partial charge is 0.472 e. The van der Waals surface area contributed by atoms with Crippen molar-refractivity contribution in [3.8, 4) is 0 Å². The maximum Gasteiger partial charge on any atom is 0.472 e. The molecular formula is C70H136O17P2. The lowest BCUT2D eigenvalue weighted by Gasteiger charge is -2.21. The molecule has 0 amide bonds. The minimum absolute atomic E-state index is 0.103. The number of phosphoric ester groups is 2. The van der Waals surface area contributed by atoms with Crippen molar-refractivity contribution >= 4 is 39.5 Å². The summed E-state index contributed by atoms with van der Waals surface area (Å²) in [5.74, 6) is 0.167. The topological polar surface area (TPSA) is 237 Å². The van der Waals surface area contributed by atoms with Crippen LogP contribution in [0.15, 0.2) is 0 Å². The summed E-state index contributed by atoms with van der Waals surface area (Å²) in [6.45, 7) is 11.8. The summed E-state index contributed by atoms with van der Waals surface area (Å²) in [4.78, 5) is 72.3. The van der Waals surface area contributed by atoms with E-state index < -0.39 is 97.5 Å². The smallest absolute Gasteiger partial charge is 0.462 e. The fraction of sp³-hybridized carbons (Fsp3) is 0.943. The molecule has 0 aromatic carbocycles. The molecule has 17 nitrogen and oxygen atoms in total. The van der Waals surface area contributed by atoms with E-state index >= 15 is 0 Å². The number of carbonyl (C=O) groups is 4. The molecule has 0 rings (SSSR count). The van der Waals surface area contributed by atoms with Crippen LogP contribution in [0.4, 0.5) is 0 Å². The molecule has 0 aromatic rings. The molecule has 3 N–H and O–H groups in total. The Morgan fingerprint density at radius 1 is 0.303 bits per heavy atom. The average Bonchev–Trinajstić information content (AvgIpc) is 3.69. The molecule has 89 heavy (non-hydrogen) atoms. The van der Waals surface area contributed by atoms with Gasteiger partial charge in [0.05, 0.1) is 26.4 Å². The number of hydrogen-bond donors (Lipinski definition) is 3. The Morgan fingerprint density at radius 2 is 0.517 bits per heavy atom. The Bertz CT molecular complexity index is 1750.